The van der Waals surface area contributed by atoms with E-state index in [2.05, 4.69) is 27.8 Å². The van der Waals surface area contributed by atoms with Crippen molar-refractivity contribution in [3.63, 3.8) is 0 Å². The first-order valence-electron chi connectivity index (χ1n) is 5.16. The van der Waals surface area contributed by atoms with Crippen LogP contribution in [0.15, 0.2) is 22.7 Å². The zero-order valence-electron chi connectivity index (χ0n) is 8.93. The quantitative estimate of drug-likeness (QED) is 0.913. The molecule has 0 aliphatic rings. The highest BCUT2D eigenvalue weighted by Crippen LogP contribution is 2.29. The Morgan fingerprint density at radius 2 is 2.19 bits per heavy atom. The average Bonchev–Trinajstić information content (AvgIpc) is 2.23. The van der Waals surface area contributed by atoms with Crippen molar-refractivity contribution < 1.29 is 4.39 Å². The van der Waals surface area contributed by atoms with Gasteiger partial charge >= 0.3 is 0 Å². The largest absolute Gasteiger partial charge is 0.398 e. The van der Waals surface area contributed by atoms with Crippen molar-refractivity contribution in [2.24, 2.45) is 0 Å². The van der Waals surface area contributed by atoms with Gasteiger partial charge in [0.1, 0.15) is 5.82 Å². The Hall–Kier alpha value is -1.16. The van der Waals surface area contributed by atoms with Gasteiger partial charge in [-0.1, -0.05) is 13.3 Å². The highest BCUT2D eigenvalue weighted by Gasteiger charge is 2.10. The molecule has 4 heteroatoms. The number of nitrogens with two attached hydrogens (primary N) is 1. The van der Waals surface area contributed by atoms with Crippen LogP contribution in [0.3, 0.4) is 0 Å². The second-order valence-electron chi connectivity index (χ2n) is 3.71. The fourth-order valence-corrected chi connectivity index (χ4v) is 2.16. The molecule has 0 spiro atoms. The molecule has 0 radical (unpaired) electrons. The lowest BCUT2D eigenvalue weighted by Gasteiger charge is -2.07. The maximum absolute atomic E-state index is 13.6. The summed E-state index contributed by atoms with van der Waals surface area (Å²) in [5, 5.41) is 0.397. The summed E-state index contributed by atoms with van der Waals surface area (Å²) in [7, 11) is 0. The number of halogens is 2. The number of aromatic nitrogens is 1. The molecule has 0 bridgehead atoms. The maximum atomic E-state index is 13.6. The Labute approximate surface area is 102 Å². The Balaban J connectivity index is 2.76. The summed E-state index contributed by atoms with van der Waals surface area (Å²) < 4.78 is 14.4. The number of fused-ring (bicyclic) bond motifs is 1. The van der Waals surface area contributed by atoms with Crippen molar-refractivity contribution in [1.29, 1.82) is 0 Å². The van der Waals surface area contributed by atoms with Crippen molar-refractivity contribution >= 4 is 32.5 Å². The minimum atomic E-state index is -0.328. The van der Waals surface area contributed by atoms with Gasteiger partial charge in [-0.15, -0.1) is 0 Å². The Morgan fingerprint density at radius 3 is 2.88 bits per heavy atom. The van der Waals surface area contributed by atoms with Gasteiger partial charge < -0.3 is 5.73 Å². The van der Waals surface area contributed by atoms with Crippen LogP contribution >= 0.6 is 15.9 Å². The molecule has 2 aromatic rings. The first-order valence-corrected chi connectivity index (χ1v) is 5.96. The number of pyridine rings is 1. The number of nitrogens with zero attached hydrogens (tertiary/aromatic N) is 1. The van der Waals surface area contributed by atoms with E-state index in [1.165, 1.54) is 6.07 Å². The van der Waals surface area contributed by atoms with E-state index >= 15 is 0 Å². The molecular formula is C12H12BrFN2. The van der Waals surface area contributed by atoms with E-state index in [0.717, 1.165) is 23.0 Å². The van der Waals surface area contributed by atoms with E-state index in [-0.39, 0.29) is 5.82 Å². The zero-order chi connectivity index (χ0) is 11.7. The van der Waals surface area contributed by atoms with Crippen LogP contribution in [-0.4, -0.2) is 4.98 Å². The molecule has 2 nitrogen and oxygen atoms in total. The molecule has 0 aliphatic carbocycles. The standard InChI is InChI=1S/C12H12BrFN2/c1-2-3-7-6-10(15)11-9(14)5-4-8(13)12(11)16-7/h4-6H,2-3H2,1H3,(H2,15,16). The second kappa shape index (κ2) is 4.37. The molecule has 0 unspecified atom stereocenters. The van der Waals surface area contributed by atoms with Crippen LogP contribution in [0.1, 0.15) is 19.0 Å². The number of anilines is 1. The molecule has 16 heavy (non-hydrogen) atoms. The molecule has 0 saturated carbocycles. The Bertz CT molecular complexity index is 540. The summed E-state index contributed by atoms with van der Waals surface area (Å²) >= 11 is 3.37. The molecular weight excluding hydrogens is 271 g/mol. The van der Waals surface area contributed by atoms with E-state index in [1.54, 1.807) is 12.1 Å². The van der Waals surface area contributed by atoms with Crippen molar-refractivity contribution in [2.75, 3.05) is 5.73 Å². The number of aryl methyl sites for hydroxylation is 1. The lowest BCUT2D eigenvalue weighted by Crippen LogP contribution is -1.98. The first-order chi connectivity index (χ1) is 7.63. The van der Waals surface area contributed by atoms with Crippen LogP contribution in [0.25, 0.3) is 10.9 Å². The SMILES string of the molecule is CCCc1cc(N)c2c(F)ccc(Br)c2n1. The van der Waals surface area contributed by atoms with Gasteiger partial charge in [-0.3, -0.25) is 4.98 Å². The van der Waals surface area contributed by atoms with Crippen LogP contribution in [0.2, 0.25) is 0 Å². The third-order valence-corrected chi connectivity index (χ3v) is 3.09. The molecule has 0 atom stereocenters. The normalized spacial score (nSPS) is 10.9. The summed E-state index contributed by atoms with van der Waals surface area (Å²) in [6.45, 7) is 2.07. The number of benzene rings is 1. The summed E-state index contributed by atoms with van der Waals surface area (Å²) in [4.78, 5) is 4.42. The number of rotatable bonds is 2. The van der Waals surface area contributed by atoms with Gasteiger partial charge in [0.25, 0.3) is 0 Å². The highest BCUT2D eigenvalue weighted by atomic mass is 79.9. The topological polar surface area (TPSA) is 38.9 Å². The monoisotopic (exact) mass is 282 g/mol. The summed E-state index contributed by atoms with van der Waals surface area (Å²) in [6, 6.07) is 4.80. The number of nitrogen functional groups attached to an aromatic ring is 1. The smallest absolute Gasteiger partial charge is 0.134 e. The van der Waals surface area contributed by atoms with Crippen molar-refractivity contribution in [1.82, 2.24) is 4.98 Å². The predicted octanol–water partition coefficient (Wildman–Crippen LogP) is 3.67. The van der Waals surface area contributed by atoms with Gasteiger partial charge in [0.05, 0.1) is 10.9 Å². The highest BCUT2D eigenvalue weighted by molar-refractivity contribution is 9.10. The second-order valence-corrected chi connectivity index (χ2v) is 4.56. The summed E-state index contributed by atoms with van der Waals surface area (Å²) in [5.74, 6) is -0.328. The van der Waals surface area contributed by atoms with E-state index in [0.29, 0.717) is 16.6 Å². The van der Waals surface area contributed by atoms with Crippen LogP contribution in [0.5, 0.6) is 0 Å². The maximum Gasteiger partial charge on any atom is 0.134 e. The van der Waals surface area contributed by atoms with Crippen molar-refractivity contribution in [2.45, 2.75) is 19.8 Å². The van der Waals surface area contributed by atoms with Gasteiger partial charge in [0, 0.05) is 15.9 Å². The summed E-state index contributed by atoms with van der Waals surface area (Å²) in [5.41, 5.74) is 7.81. The molecule has 0 saturated heterocycles. The molecule has 1 aromatic carbocycles. The van der Waals surface area contributed by atoms with Gasteiger partial charge in [-0.05, 0) is 40.5 Å². The third kappa shape index (κ3) is 1.89. The van der Waals surface area contributed by atoms with Gasteiger partial charge in [0.2, 0.25) is 0 Å². The number of hydrogen-bond donors (Lipinski definition) is 1. The van der Waals surface area contributed by atoms with Crippen LogP contribution < -0.4 is 5.73 Å². The fourth-order valence-electron chi connectivity index (χ4n) is 1.74. The first kappa shape index (κ1) is 11.3. The number of hydrogen-bond acceptors (Lipinski definition) is 2. The lowest BCUT2D eigenvalue weighted by atomic mass is 10.1. The average molecular weight is 283 g/mol. The fraction of sp³-hybridized carbons (Fsp3) is 0.250. The van der Waals surface area contributed by atoms with Crippen molar-refractivity contribution in [3.05, 3.63) is 34.2 Å². The zero-order valence-corrected chi connectivity index (χ0v) is 10.5. The molecule has 1 heterocycles. The summed E-state index contributed by atoms with van der Waals surface area (Å²) in [6.07, 6.45) is 1.84. The Morgan fingerprint density at radius 1 is 1.44 bits per heavy atom. The third-order valence-electron chi connectivity index (χ3n) is 2.45. The molecule has 1 aromatic heterocycles. The van der Waals surface area contributed by atoms with Crippen LogP contribution in [-0.2, 0) is 6.42 Å². The molecule has 0 amide bonds. The van der Waals surface area contributed by atoms with E-state index in [4.69, 9.17) is 5.73 Å². The van der Waals surface area contributed by atoms with Crippen molar-refractivity contribution in [3.8, 4) is 0 Å². The van der Waals surface area contributed by atoms with Crippen LogP contribution in [0, 0.1) is 5.82 Å². The molecule has 2 N–H and O–H groups in total. The van der Waals surface area contributed by atoms with Crippen LogP contribution in [0.4, 0.5) is 10.1 Å². The van der Waals surface area contributed by atoms with E-state index in [9.17, 15) is 4.39 Å². The van der Waals surface area contributed by atoms with E-state index in [1.807, 2.05) is 0 Å². The molecule has 0 aliphatic heterocycles. The minimum Gasteiger partial charge on any atom is -0.398 e. The molecule has 84 valence electrons. The molecule has 0 fully saturated rings. The lowest BCUT2D eigenvalue weighted by molar-refractivity contribution is 0.639. The predicted molar refractivity (Wildman–Crippen MR) is 67.8 cm³/mol. The van der Waals surface area contributed by atoms with Gasteiger partial charge in [-0.2, -0.15) is 0 Å². The Kier molecular flexibility index (Phi) is 3.10. The van der Waals surface area contributed by atoms with E-state index < -0.39 is 0 Å². The molecule has 2 rings (SSSR count). The van der Waals surface area contributed by atoms with Gasteiger partial charge in [0.15, 0.2) is 0 Å². The minimum absolute atomic E-state index is 0.328. The van der Waals surface area contributed by atoms with Gasteiger partial charge in [-0.25, -0.2) is 4.39 Å².